The molecule has 0 N–H and O–H groups in total. The minimum Gasteiger partial charge on any atom is -0.256 e. The van der Waals surface area contributed by atoms with Gasteiger partial charge in [-0.3, -0.25) is 4.98 Å². The van der Waals surface area contributed by atoms with E-state index in [1.54, 1.807) is 0 Å². The van der Waals surface area contributed by atoms with E-state index in [0.29, 0.717) is 5.82 Å². The number of pyridine rings is 1. The van der Waals surface area contributed by atoms with E-state index in [1.165, 1.54) is 38.2 Å². The Morgan fingerprint density at radius 1 is 0.339 bits per heavy atom. The number of benzene rings is 8. The topological polar surface area (TPSA) is 38.7 Å². The summed E-state index contributed by atoms with van der Waals surface area (Å²) < 4.78 is 0. The van der Waals surface area contributed by atoms with Gasteiger partial charge in [0, 0.05) is 33.8 Å². The maximum Gasteiger partial charge on any atom is 0.160 e. The minimum absolute atomic E-state index is 0.675. The van der Waals surface area contributed by atoms with E-state index >= 15 is 0 Å². The Morgan fingerprint density at radius 2 is 0.946 bits per heavy atom. The van der Waals surface area contributed by atoms with E-state index < -0.39 is 0 Å². The van der Waals surface area contributed by atoms with Crippen molar-refractivity contribution in [3.8, 4) is 56.3 Å². The Bertz CT molecular complexity index is 3060. The third-order valence-corrected chi connectivity index (χ3v) is 10.5. The van der Waals surface area contributed by atoms with Crippen molar-refractivity contribution in [2.24, 2.45) is 0 Å². The van der Waals surface area contributed by atoms with Crippen molar-refractivity contribution in [3.05, 3.63) is 211 Å². The van der Waals surface area contributed by atoms with E-state index in [0.717, 1.165) is 55.7 Å². The number of fused-ring (bicyclic) bond motifs is 4. The summed E-state index contributed by atoms with van der Waals surface area (Å²) in [7, 11) is 0. The fourth-order valence-electron chi connectivity index (χ4n) is 7.63. The molecule has 0 aliphatic rings. The lowest BCUT2D eigenvalue weighted by Crippen LogP contribution is -1.97. The molecule has 10 aromatic rings. The summed E-state index contributed by atoms with van der Waals surface area (Å²) in [6, 6.07) is 68.2. The predicted molar refractivity (Wildman–Crippen MR) is 235 cm³/mol. The zero-order valence-corrected chi connectivity index (χ0v) is 30.5. The number of nitrogens with zero attached hydrogens (tertiary/aromatic N) is 3. The first kappa shape index (κ1) is 33.1. The number of hydrogen-bond donors (Lipinski definition) is 0. The second kappa shape index (κ2) is 14.4. The van der Waals surface area contributed by atoms with Gasteiger partial charge in [0.15, 0.2) is 5.82 Å². The zero-order chi connectivity index (χ0) is 37.3. The van der Waals surface area contributed by atoms with Crippen molar-refractivity contribution in [2.75, 3.05) is 0 Å². The van der Waals surface area contributed by atoms with Crippen LogP contribution in [0.5, 0.6) is 0 Å². The van der Waals surface area contributed by atoms with E-state index in [2.05, 4.69) is 200 Å². The van der Waals surface area contributed by atoms with Crippen LogP contribution in [0.1, 0.15) is 11.1 Å². The van der Waals surface area contributed by atoms with Gasteiger partial charge in [-0.15, -0.1) is 0 Å². The number of hydrogen-bond acceptors (Lipinski definition) is 3. The summed E-state index contributed by atoms with van der Waals surface area (Å²) >= 11 is 0. The van der Waals surface area contributed by atoms with Crippen molar-refractivity contribution < 1.29 is 0 Å². The molecule has 0 atom stereocenters. The zero-order valence-electron chi connectivity index (χ0n) is 30.5. The molecule has 8 aromatic carbocycles. The van der Waals surface area contributed by atoms with Crippen LogP contribution in [0.3, 0.4) is 0 Å². The van der Waals surface area contributed by atoms with Crippen molar-refractivity contribution in [1.82, 2.24) is 15.0 Å². The second-order valence-corrected chi connectivity index (χ2v) is 14.1. The highest BCUT2D eigenvalue weighted by Gasteiger charge is 2.15. The van der Waals surface area contributed by atoms with Crippen LogP contribution in [0.2, 0.25) is 0 Å². The Morgan fingerprint density at radius 3 is 1.77 bits per heavy atom. The van der Waals surface area contributed by atoms with Crippen LogP contribution in [0, 0.1) is 0 Å². The van der Waals surface area contributed by atoms with Crippen LogP contribution in [0.4, 0.5) is 0 Å². The lowest BCUT2D eigenvalue weighted by atomic mass is 9.95. The number of aromatic nitrogens is 3. The monoisotopic (exact) mass is 713 g/mol. The van der Waals surface area contributed by atoms with Crippen LogP contribution in [-0.4, -0.2) is 15.0 Å². The largest absolute Gasteiger partial charge is 0.256 e. The molecule has 2 aromatic heterocycles. The van der Waals surface area contributed by atoms with Crippen molar-refractivity contribution in [2.45, 2.75) is 0 Å². The molecule has 262 valence electrons. The molecule has 0 spiro atoms. The van der Waals surface area contributed by atoms with Crippen LogP contribution in [0.15, 0.2) is 200 Å². The van der Waals surface area contributed by atoms with Gasteiger partial charge in [-0.1, -0.05) is 188 Å². The smallest absolute Gasteiger partial charge is 0.160 e. The maximum atomic E-state index is 5.28. The van der Waals surface area contributed by atoms with E-state index in [4.69, 9.17) is 15.0 Å². The standard InChI is InChI=1S/C53H35N3/c1-2-12-37(13-3-1)45-18-8-6-14-38(45)25-22-36-23-26-40(27-24-36)51-34-52(49-32-43-16-7-9-19-46(43)47-20-10-11-21-48(47)49)56-53(55-51)41-30-28-39(29-31-41)50-33-42-15-4-5-17-44(42)35-54-50/h1-35H. The summed E-state index contributed by atoms with van der Waals surface area (Å²) in [6.45, 7) is 0. The average molecular weight is 714 g/mol. The molecule has 0 bridgehead atoms. The SMILES string of the molecule is C(=Cc1ccccc1-c1ccccc1)c1ccc(-c2cc(-c3cc4ccccc4c4ccccc34)nc(-c3ccc(-c4cc5ccccc5cn4)cc3)n2)cc1. The summed E-state index contributed by atoms with van der Waals surface area (Å²) in [5.74, 6) is 0.675. The van der Waals surface area contributed by atoms with Gasteiger partial charge in [-0.2, -0.15) is 0 Å². The highest BCUT2D eigenvalue weighted by atomic mass is 14.9. The van der Waals surface area contributed by atoms with Gasteiger partial charge >= 0.3 is 0 Å². The minimum atomic E-state index is 0.675. The first-order chi connectivity index (χ1) is 27.7. The van der Waals surface area contributed by atoms with Crippen molar-refractivity contribution >= 4 is 44.5 Å². The normalized spacial score (nSPS) is 11.5. The van der Waals surface area contributed by atoms with Crippen molar-refractivity contribution in [3.63, 3.8) is 0 Å². The van der Waals surface area contributed by atoms with Crippen molar-refractivity contribution in [1.29, 1.82) is 0 Å². The molecule has 10 rings (SSSR count). The third kappa shape index (κ3) is 6.42. The fourth-order valence-corrected chi connectivity index (χ4v) is 7.63. The molecule has 0 radical (unpaired) electrons. The van der Waals surface area contributed by atoms with Gasteiger partial charge in [-0.25, -0.2) is 9.97 Å². The van der Waals surface area contributed by atoms with Gasteiger partial charge in [0.25, 0.3) is 0 Å². The molecule has 3 nitrogen and oxygen atoms in total. The van der Waals surface area contributed by atoms with Crippen LogP contribution in [0.25, 0.3) is 101 Å². The molecule has 56 heavy (non-hydrogen) atoms. The maximum absolute atomic E-state index is 5.28. The molecule has 0 saturated heterocycles. The van der Waals surface area contributed by atoms with Crippen LogP contribution < -0.4 is 0 Å². The molecular weight excluding hydrogens is 679 g/mol. The summed E-state index contributed by atoms with van der Waals surface area (Å²) in [5, 5.41) is 7.08. The van der Waals surface area contributed by atoms with E-state index in [-0.39, 0.29) is 0 Å². The van der Waals surface area contributed by atoms with Crippen LogP contribution in [-0.2, 0) is 0 Å². The average Bonchev–Trinajstić information content (AvgIpc) is 3.28. The molecule has 0 unspecified atom stereocenters. The molecule has 0 amide bonds. The fraction of sp³-hybridized carbons (Fsp3) is 0. The Labute approximate surface area is 326 Å². The third-order valence-electron chi connectivity index (χ3n) is 10.5. The highest BCUT2D eigenvalue weighted by Crippen LogP contribution is 2.37. The molecule has 0 aliphatic heterocycles. The molecule has 3 heteroatoms. The summed E-state index contributed by atoms with van der Waals surface area (Å²) in [5.41, 5.74) is 11.5. The first-order valence-corrected chi connectivity index (χ1v) is 18.9. The second-order valence-electron chi connectivity index (χ2n) is 14.1. The summed E-state index contributed by atoms with van der Waals surface area (Å²) in [6.07, 6.45) is 6.31. The lowest BCUT2D eigenvalue weighted by molar-refractivity contribution is 1.18. The van der Waals surface area contributed by atoms with Gasteiger partial charge in [0.05, 0.1) is 17.1 Å². The van der Waals surface area contributed by atoms with Crippen LogP contribution >= 0.6 is 0 Å². The lowest BCUT2D eigenvalue weighted by Gasteiger charge is -2.13. The quantitative estimate of drug-likeness (QED) is 0.122. The molecule has 0 saturated carbocycles. The predicted octanol–water partition coefficient (Wildman–Crippen LogP) is 13.8. The Kier molecular flexibility index (Phi) is 8.51. The van der Waals surface area contributed by atoms with Gasteiger partial charge in [-0.05, 0) is 67.4 Å². The Balaban J connectivity index is 1.05. The molecule has 0 fully saturated rings. The Hall–Kier alpha value is -7.49. The molecular formula is C53H35N3. The highest BCUT2D eigenvalue weighted by molar-refractivity contribution is 6.13. The summed E-state index contributed by atoms with van der Waals surface area (Å²) in [4.78, 5) is 15.2. The van der Waals surface area contributed by atoms with Gasteiger partial charge < -0.3 is 0 Å². The molecule has 0 aliphatic carbocycles. The van der Waals surface area contributed by atoms with Gasteiger partial charge in [0.2, 0.25) is 0 Å². The van der Waals surface area contributed by atoms with E-state index in [9.17, 15) is 0 Å². The van der Waals surface area contributed by atoms with Gasteiger partial charge in [0.1, 0.15) is 0 Å². The molecule has 2 heterocycles. The number of rotatable bonds is 7. The first-order valence-electron chi connectivity index (χ1n) is 18.9. The van der Waals surface area contributed by atoms with E-state index in [1.807, 2.05) is 12.3 Å².